The molecule has 100 valence electrons. The lowest BCUT2D eigenvalue weighted by atomic mass is 10.1. The Hall–Kier alpha value is -1.36. The van der Waals surface area contributed by atoms with Gasteiger partial charge in [0.2, 0.25) is 0 Å². The van der Waals surface area contributed by atoms with E-state index in [4.69, 9.17) is 4.74 Å². The molecule has 0 atom stereocenters. The van der Waals surface area contributed by atoms with Crippen LogP contribution < -0.4 is 5.32 Å². The first kappa shape index (κ1) is 14.7. The van der Waals surface area contributed by atoms with Crippen molar-refractivity contribution in [1.82, 2.24) is 5.32 Å². The summed E-state index contributed by atoms with van der Waals surface area (Å²) in [6, 6.07) is 1.91. The first-order valence-corrected chi connectivity index (χ1v) is 6.93. The van der Waals surface area contributed by atoms with Crippen LogP contribution in [-0.4, -0.2) is 25.0 Å². The lowest BCUT2D eigenvalue weighted by Gasteiger charge is -2.02. The average Bonchev–Trinajstić information content (AvgIpc) is 2.69. The maximum atomic E-state index is 11.8. The van der Waals surface area contributed by atoms with Crippen molar-refractivity contribution >= 4 is 23.2 Å². The van der Waals surface area contributed by atoms with E-state index in [-0.39, 0.29) is 12.5 Å². The molecule has 1 amide bonds. The van der Waals surface area contributed by atoms with Gasteiger partial charge in [-0.15, -0.1) is 11.3 Å². The molecular formula is C13H19NO3S. The van der Waals surface area contributed by atoms with Gasteiger partial charge in [-0.05, 0) is 31.9 Å². The van der Waals surface area contributed by atoms with Gasteiger partial charge in [0.15, 0.2) is 0 Å². The second-order valence-electron chi connectivity index (χ2n) is 3.93. The smallest absolute Gasteiger partial charge is 0.325 e. The molecule has 0 aliphatic carbocycles. The van der Waals surface area contributed by atoms with E-state index in [1.807, 2.05) is 13.0 Å². The monoisotopic (exact) mass is 269 g/mol. The normalized spacial score (nSPS) is 10.2. The largest absolute Gasteiger partial charge is 0.465 e. The molecule has 4 nitrogen and oxygen atoms in total. The van der Waals surface area contributed by atoms with Gasteiger partial charge in [-0.1, -0.05) is 13.3 Å². The predicted octanol–water partition coefficient (Wildman–Crippen LogP) is 2.30. The van der Waals surface area contributed by atoms with Crippen LogP contribution >= 0.6 is 11.3 Å². The number of carbonyl (C=O) groups excluding carboxylic acids is 2. The van der Waals surface area contributed by atoms with Crippen molar-refractivity contribution in [3.63, 3.8) is 0 Å². The van der Waals surface area contributed by atoms with Gasteiger partial charge in [0, 0.05) is 4.88 Å². The molecule has 1 heterocycles. The van der Waals surface area contributed by atoms with E-state index < -0.39 is 5.97 Å². The van der Waals surface area contributed by atoms with E-state index in [0.717, 1.165) is 17.7 Å². The molecule has 1 aromatic rings. The summed E-state index contributed by atoms with van der Waals surface area (Å²) >= 11 is 1.46. The Bertz CT molecular complexity index is 426. The highest BCUT2D eigenvalue weighted by molar-refractivity contribution is 7.14. The van der Waals surface area contributed by atoms with Crippen LogP contribution in [0.5, 0.6) is 0 Å². The van der Waals surface area contributed by atoms with Crippen LogP contribution in [0.15, 0.2) is 6.07 Å². The summed E-state index contributed by atoms with van der Waals surface area (Å²) in [6.07, 6.45) is 2.04. The van der Waals surface area contributed by atoms with E-state index in [9.17, 15) is 9.59 Å². The Morgan fingerprint density at radius 2 is 2.11 bits per heavy atom. The first-order valence-electron chi connectivity index (χ1n) is 6.11. The highest BCUT2D eigenvalue weighted by Crippen LogP contribution is 2.22. The van der Waals surface area contributed by atoms with E-state index in [1.54, 1.807) is 6.92 Å². The van der Waals surface area contributed by atoms with Crippen molar-refractivity contribution in [3.05, 3.63) is 21.4 Å². The van der Waals surface area contributed by atoms with E-state index in [2.05, 4.69) is 12.2 Å². The zero-order valence-electron chi connectivity index (χ0n) is 11.0. The molecule has 0 unspecified atom stereocenters. The highest BCUT2D eigenvalue weighted by atomic mass is 32.1. The van der Waals surface area contributed by atoms with Crippen LogP contribution in [0.25, 0.3) is 0 Å². The van der Waals surface area contributed by atoms with Gasteiger partial charge < -0.3 is 10.1 Å². The third-order valence-electron chi connectivity index (χ3n) is 2.46. The molecule has 5 heteroatoms. The summed E-state index contributed by atoms with van der Waals surface area (Å²) in [6.45, 7) is 6.11. The van der Waals surface area contributed by atoms with Gasteiger partial charge in [-0.25, -0.2) is 0 Å². The number of thiophene rings is 1. The van der Waals surface area contributed by atoms with Crippen LogP contribution in [0.1, 0.15) is 40.4 Å². The molecule has 0 saturated carbocycles. The van der Waals surface area contributed by atoms with Crippen molar-refractivity contribution < 1.29 is 14.3 Å². The van der Waals surface area contributed by atoms with Crippen molar-refractivity contribution in [2.75, 3.05) is 13.2 Å². The Kier molecular flexibility index (Phi) is 5.85. The maximum Gasteiger partial charge on any atom is 0.325 e. The second-order valence-corrected chi connectivity index (χ2v) is 5.19. The van der Waals surface area contributed by atoms with E-state index in [0.29, 0.717) is 11.5 Å². The standard InChI is InChI=1S/C13H19NO3S/c1-4-6-10-7-11(18-9(10)3)13(16)14-8-12(15)17-5-2/h7H,4-6,8H2,1-3H3,(H,14,16). The number of nitrogens with one attached hydrogen (secondary N) is 1. The van der Waals surface area contributed by atoms with Gasteiger partial charge in [-0.2, -0.15) is 0 Å². The topological polar surface area (TPSA) is 55.4 Å². The fourth-order valence-corrected chi connectivity index (χ4v) is 2.59. The fourth-order valence-electron chi connectivity index (χ4n) is 1.60. The number of esters is 1. The number of amides is 1. The summed E-state index contributed by atoms with van der Waals surface area (Å²) < 4.78 is 4.75. The maximum absolute atomic E-state index is 11.8. The Morgan fingerprint density at radius 1 is 1.39 bits per heavy atom. The lowest BCUT2D eigenvalue weighted by molar-refractivity contribution is -0.141. The van der Waals surface area contributed by atoms with Gasteiger partial charge in [0.1, 0.15) is 6.54 Å². The number of rotatable bonds is 6. The molecule has 0 aliphatic heterocycles. The zero-order chi connectivity index (χ0) is 13.5. The van der Waals surface area contributed by atoms with Crippen molar-refractivity contribution in [1.29, 1.82) is 0 Å². The second kappa shape index (κ2) is 7.16. The summed E-state index contributed by atoms with van der Waals surface area (Å²) in [5, 5.41) is 2.56. The summed E-state index contributed by atoms with van der Waals surface area (Å²) in [4.78, 5) is 24.8. The number of aryl methyl sites for hydroxylation is 2. The summed E-state index contributed by atoms with van der Waals surface area (Å²) in [5.41, 5.74) is 1.21. The molecule has 0 saturated heterocycles. The average molecular weight is 269 g/mol. The number of carbonyl (C=O) groups is 2. The van der Waals surface area contributed by atoms with Crippen LogP contribution in [0, 0.1) is 6.92 Å². The number of hydrogen-bond acceptors (Lipinski definition) is 4. The van der Waals surface area contributed by atoms with Crippen molar-refractivity contribution in [2.45, 2.75) is 33.6 Å². The third-order valence-corrected chi connectivity index (χ3v) is 3.55. The summed E-state index contributed by atoms with van der Waals surface area (Å²) in [5.74, 6) is -0.619. The van der Waals surface area contributed by atoms with Crippen LogP contribution in [-0.2, 0) is 16.0 Å². The van der Waals surface area contributed by atoms with Crippen LogP contribution in [0.3, 0.4) is 0 Å². The van der Waals surface area contributed by atoms with Crippen molar-refractivity contribution in [3.8, 4) is 0 Å². The molecule has 18 heavy (non-hydrogen) atoms. The van der Waals surface area contributed by atoms with Gasteiger partial charge in [0.25, 0.3) is 5.91 Å². The first-order chi connectivity index (χ1) is 8.58. The Morgan fingerprint density at radius 3 is 2.72 bits per heavy atom. The minimum absolute atomic E-state index is 0.0767. The minimum atomic E-state index is -0.409. The summed E-state index contributed by atoms with van der Waals surface area (Å²) in [7, 11) is 0. The number of ether oxygens (including phenoxy) is 1. The van der Waals surface area contributed by atoms with Crippen LogP contribution in [0.4, 0.5) is 0 Å². The molecule has 0 bridgehead atoms. The molecule has 1 rings (SSSR count). The molecule has 0 fully saturated rings. The molecular weight excluding hydrogens is 250 g/mol. The van der Waals surface area contributed by atoms with E-state index >= 15 is 0 Å². The quantitative estimate of drug-likeness (QED) is 0.806. The lowest BCUT2D eigenvalue weighted by Crippen LogP contribution is -2.30. The van der Waals surface area contributed by atoms with Crippen molar-refractivity contribution in [2.24, 2.45) is 0 Å². The number of hydrogen-bond donors (Lipinski definition) is 1. The van der Waals surface area contributed by atoms with Gasteiger partial charge in [-0.3, -0.25) is 9.59 Å². The fraction of sp³-hybridized carbons (Fsp3) is 0.538. The van der Waals surface area contributed by atoms with Gasteiger partial charge >= 0.3 is 5.97 Å². The molecule has 1 N–H and O–H groups in total. The predicted molar refractivity (Wildman–Crippen MR) is 72.0 cm³/mol. The molecule has 0 aliphatic rings. The molecule has 0 spiro atoms. The minimum Gasteiger partial charge on any atom is -0.465 e. The zero-order valence-corrected chi connectivity index (χ0v) is 11.9. The van der Waals surface area contributed by atoms with Gasteiger partial charge in [0.05, 0.1) is 11.5 Å². The SMILES string of the molecule is CCCc1cc(C(=O)NCC(=O)OCC)sc1C. The Labute approximate surface area is 111 Å². The molecule has 0 radical (unpaired) electrons. The van der Waals surface area contributed by atoms with E-state index in [1.165, 1.54) is 16.9 Å². The molecule has 0 aromatic carbocycles. The Balaban J connectivity index is 2.56. The third kappa shape index (κ3) is 4.14. The van der Waals surface area contributed by atoms with Crippen LogP contribution in [0.2, 0.25) is 0 Å². The highest BCUT2D eigenvalue weighted by Gasteiger charge is 2.13. The molecule has 1 aromatic heterocycles.